The Hall–Kier alpha value is -3.15. The molecular weight excluding hydrogens is 348 g/mol. The quantitative estimate of drug-likeness (QED) is 0.590. The summed E-state index contributed by atoms with van der Waals surface area (Å²) in [7, 11) is 0. The fraction of sp³-hybridized carbons (Fsp3) is 0.318. The zero-order valence-corrected chi connectivity index (χ0v) is 16.3. The first kappa shape index (κ1) is 17.0. The Bertz CT molecular complexity index is 1140. The molecule has 3 heterocycles. The third-order valence-corrected chi connectivity index (χ3v) is 5.56. The molecule has 1 unspecified atom stereocenters. The highest BCUT2D eigenvalue weighted by atomic mass is 15.3. The van der Waals surface area contributed by atoms with E-state index in [1.807, 2.05) is 23.0 Å². The summed E-state index contributed by atoms with van der Waals surface area (Å²) in [5.41, 5.74) is 7.11. The van der Waals surface area contributed by atoms with Crippen LogP contribution in [0, 0.1) is 6.92 Å². The van der Waals surface area contributed by atoms with Crippen LogP contribution in [0.1, 0.15) is 30.2 Å². The van der Waals surface area contributed by atoms with Gasteiger partial charge < -0.3 is 5.32 Å². The van der Waals surface area contributed by atoms with Crippen molar-refractivity contribution in [3.05, 3.63) is 65.6 Å². The Morgan fingerprint density at radius 2 is 2.14 bits per heavy atom. The fourth-order valence-electron chi connectivity index (χ4n) is 4.17. The van der Waals surface area contributed by atoms with Crippen LogP contribution in [0.5, 0.6) is 0 Å². The highest BCUT2D eigenvalue weighted by Gasteiger charge is 2.23. The smallest absolute Gasteiger partial charge is 0.243 e. The van der Waals surface area contributed by atoms with Gasteiger partial charge in [0.2, 0.25) is 5.95 Å². The molecule has 4 aromatic rings. The van der Waals surface area contributed by atoms with Crippen molar-refractivity contribution >= 4 is 11.6 Å². The van der Waals surface area contributed by atoms with E-state index in [2.05, 4.69) is 64.4 Å². The molecule has 1 aliphatic carbocycles. The van der Waals surface area contributed by atoms with Gasteiger partial charge in [-0.15, -0.1) is 5.10 Å². The molecule has 0 spiro atoms. The largest absolute Gasteiger partial charge is 0.350 e. The summed E-state index contributed by atoms with van der Waals surface area (Å²) in [5, 5.41) is 12.7. The molecule has 6 nitrogen and oxygen atoms in total. The molecule has 3 aromatic heterocycles. The van der Waals surface area contributed by atoms with Gasteiger partial charge in [0, 0.05) is 30.0 Å². The minimum atomic E-state index is 0.335. The monoisotopic (exact) mass is 372 g/mol. The molecule has 0 aliphatic heterocycles. The summed E-state index contributed by atoms with van der Waals surface area (Å²) >= 11 is 0. The van der Waals surface area contributed by atoms with E-state index >= 15 is 0 Å². The molecule has 0 amide bonds. The van der Waals surface area contributed by atoms with Crippen molar-refractivity contribution in [3.8, 4) is 11.1 Å². The van der Waals surface area contributed by atoms with Crippen LogP contribution >= 0.6 is 0 Å². The molecule has 5 rings (SSSR count). The number of benzene rings is 1. The number of hydrogen-bond acceptors (Lipinski definition) is 4. The van der Waals surface area contributed by atoms with E-state index in [1.165, 1.54) is 22.4 Å². The molecule has 1 atom stereocenters. The molecule has 0 bridgehead atoms. The molecule has 1 N–H and O–H groups in total. The molecule has 1 aliphatic rings. The van der Waals surface area contributed by atoms with Crippen LogP contribution in [-0.4, -0.2) is 30.4 Å². The first-order valence-corrected chi connectivity index (χ1v) is 9.94. The SMILES string of the molecule is CCn1ncc2c1CCC(Nc1nc3c(-c4cccc(C)c4)cccn3n1)C2. The van der Waals surface area contributed by atoms with Gasteiger partial charge in [0.15, 0.2) is 5.65 Å². The van der Waals surface area contributed by atoms with E-state index < -0.39 is 0 Å². The van der Waals surface area contributed by atoms with E-state index in [1.54, 1.807) is 0 Å². The maximum Gasteiger partial charge on any atom is 0.243 e. The third kappa shape index (κ3) is 2.95. The molecule has 0 fully saturated rings. The predicted molar refractivity (Wildman–Crippen MR) is 110 cm³/mol. The second kappa shape index (κ2) is 6.78. The molecule has 6 heteroatoms. The summed E-state index contributed by atoms with van der Waals surface area (Å²) < 4.78 is 3.98. The van der Waals surface area contributed by atoms with Crippen molar-refractivity contribution in [2.24, 2.45) is 0 Å². The van der Waals surface area contributed by atoms with Crippen molar-refractivity contribution in [1.29, 1.82) is 0 Å². The van der Waals surface area contributed by atoms with E-state index in [4.69, 9.17) is 4.98 Å². The summed E-state index contributed by atoms with van der Waals surface area (Å²) in [6.45, 7) is 5.19. The van der Waals surface area contributed by atoms with Gasteiger partial charge in [-0.1, -0.05) is 29.8 Å². The number of pyridine rings is 1. The lowest BCUT2D eigenvalue weighted by molar-refractivity contribution is 0.552. The highest BCUT2D eigenvalue weighted by Crippen LogP contribution is 2.26. The van der Waals surface area contributed by atoms with Crippen LogP contribution in [0.2, 0.25) is 0 Å². The van der Waals surface area contributed by atoms with E-state index in [-0.39, 0.29) is 0 Å². The molecule has 0 saturated heterocycles. The number of nitrogens with zero attached hydrogens (tertiary/aromatic N) is 5. The van der Waals surface area contributed by atoms with Crippen LogP contribution in [-0.2, 0) is 19.4 Å². The zero-order chi connectivity index (χ0) is 19.1. The normalized spacial score (nSPS) is 16.3. The van der Waals surface area contributed by atoms with Gasteiger partial charge in [-0.2, -0.15) is 10.1 Å². The van der Waals surface area contributed by atoms with Gasteiger partial charge in [0.1, 0.15) is 0 Å². The van der Waals surface area contributed by atoms with Gasteiger partial charge in [-0.05, 0) is 56.4 Å². The molecule has 1 aromatic carbocycles. The topological polar surface area (TPSA) is 60.0 Å². The highest BCUT2D eigenvalue weighted by molar-refractivity contribution is 5.78. The molecule has 142 valence electrons. The lowest BCUT2D eigenvalue weighted by Gasteiger charge is -2.23. The van der Waals surface area contributed by atoms with Crippen molar-refractivity contribution in [2.45, 2.75) is 45.7 Å². The maximum atomic E-state index is 4.81. The van der Waals surface area contributed by atoms with Crippen LogP contribution < -0.4 is 5.32 Å². The Morgan fingerprint density at radius 3 is 3.00 bits per heavy atom. The summed E-state index contributed by atoms with van der Waals surface area (Å²) in [4.78, 5) is 4.81. The van der Waals surface area contributed by atoms with Gasteiger partial charge >= 0.3 is 0 Å². The number of rotatable bonds is 4. The van der Waals surface area contributed by atoms with Crippen molar-refractivity contribution in [3.63, 3.8) is 0 Å². The summed E-state index contributed by atoms with van der Waals surface area (Å²) in [6, 6.07) is 13.0. The zero-order valence-electron chi connectivity index (χ0n) is 16.3. The standard InChI is InChI=1S/C22H24N6/c1-3-27-20-10-9-18(13-17(20)14-23-27)24-22-25-21-19(8-5-11-28(21)26-22)16-7-4-6-15(2)12-16/h4-8,11-12,14,18H,3,9-10,13H2,1-2H3,(H,24,26). The van der Waals surface area contributed by atoms with Gasteiger partial charge in [-0.25, -0.2) is 4.52 Å². The first-order valence-electron chi connectivity index (χ1n) is 9.94. The minimum absolute atomic E-state index is 0.335. The van der Waals surface area contributed by atoms with E-state index in [0.717, 1.165) is 37.0 Å². The van der Waals surface area contributed by atoms with Gasteiger partial charge in [-0.3, -0.25) is 4.68 Å². The molecular formula is C22H24N6. The molecule has 0 saturated carbocycles. The number of hydrogen-bond donors (Lipinski definition) is 1. The van der Waals surface area contributed by atoms with Crippen LogP contribution in [0.15, 0.2) is 48.8 Å². The van der Waals surface area contributed by atoms with Crippen molar-refractivity contribution in [2.75, 3.05) is 5.32 Å². The van der Waals surface area contributed by atoms with E-state index in [0.29, 0.717) is 12.0 Å². The minimum Gasteiger partial charge on any atom is -0.350 e. The average molecular weight is 372 g/mol. The lowest BCUT2D eigenvalue weighted by atomic mass is 9.93. The maximum absolute atomic E-state index is 4.81. The van der Waals surface area contributed by atoms with Crippen LogP contribution in [0.25, 0.3) is 16.8 Å². The second-order valence-corrected chi connectivity index (χ2v) is 7.51. The van der Waals surface area contributed by atoms with Crippen LogP contribution in [0.3, 0.4) is 0 Å². The predicted octanol–water partition coefficient (Wildman–Crippen LogP) is 3.89. The average Bonchev–Trinajstić information content (AvgIpc) is 3.30. The van der Waals surface area contributed by atoms with Crippen molar-refractivity contribution in [1.82, 2.24) is 24.4 Å². The third-order valence-electron chi connectivity index (χ3n) is 5.56. The Kier molecular flexibility index (Phi) is 4.11. The van der Waals surface area contributed by atoms with Crippen LogP contribution in [0.4, 0.5) is 5.95 Å². The Morgan fingerprint density at radius 1 is 1.21 bits per heavy atom. The second-order valence-electron chi connectivity index (χ2n) is 7.51. The number of aromatic nitrogens is 5. The number of fused-ring (bicyclic) bond motifs is 2. The molecule has 28 heavy (non-hydrogen) atoms. The Balaban J connectivity index is 1.42. The summed E-state index contributed by atoms with van der Waals surface area (Å²) in [5.74, 6) is 0.691. The fourth-order valence-corrected chi connectivity index (χ4v) is 4.17. The van der Waals surface area contributed by atoms with Crippen molar-refractivity contribution < 1.29 is 0 Å². The number of nitrogens with one attached hydrogen (secondary N) is 1. The molecule has 0 radical (unpaired) electrons. The number of aryl methyl sites for hydroxylation is 2. The van der Waals surface area contributed by atoms with Gasteiger partial charge in [0.25, 0.3) is 0 Å². The van der Waals surface area contributed by atoms with Gasteiger partial charge in [0.05, 0.1) is 6.20 Å². The first-order chi connectivity index (χ1) is 13.7. The van der Waals surface area contributed by atoms with E-state index in [9.17, 15) is 0 Å². The number of anilines is 1. The summed E-state index contributed by atoms with van der Waals surface area (Å²) in [6.07, 6.45) is 7.05. The Labute approximate surface area is 164 Å². The lowest BCUT2D eigenvalue weighted by Crippen LogP contribution is -2.28.